The molecule has 1 heterocycles. The SMILES string of the molecule is CN(C)C(=O)CCNC(=O)[C@@H](N)Cc1c[nH]c2ccccc12.Cl. The standard InChI is InChI=1S/C16H22N4O2.ClH/c1-20(2)15(21)7-8-18-16(22)13(17)9-11-10-19-14-6-4-3-5-12(11)14;/h3-6,10,13,19H,7-9,17H2,1-2H3,(H,18,22);1H/t13-;/m0./s1. The normalized spacial score (nSPS) is 11.6. The van der Waals surface area contributed by atoms with Crippen LogP contribution in [0.1, 0.15) is 12.0 Å². The fourth-order valence-corrected chi connectivity index (χ4v) is 2.28. The molecule has 126 valence electrons. The lowest BCUT2D eigenvalue weighted by Gasteiger charge is -2.13. The van der Waals surface area contributed by atoms with Crippen LogP contribution in [-0.2, 0) is 16.0 Å². The van der Waals surface area contributed by atoms with E-state index < -0.39 is 6.04 Å². The smallest absolute Gasteiger partial charge is 0.237 e. The van der Waals surface area contributed by atoms with E-state index in [2.05, 4.69) is 10.3 Å². The number of amides is 2. The van der Waals surface area contributed by atoms with E-state index in [0.29, 0.717) is 13.0 Å². The molecule has 1 atom stereocenters. The number of para-hydroxylation sites is 1. The molecule has 0 saturated heterocycles. The first-order chi connectivity index (χ1) is 10.5. The number of hydrogen-bond acceptors (Lipinski definition) is 3. The Bertz CT molecular complexity index is 669. The Kier molecular flexibility index (Phi) is 7.06. The monoisotopic (exact) mass is 338 g/mol. The minimum absolute atomic E-state index is 0. The van der Waals surface area contributed by atoms with Gasteiger partial charge in [0.2, 0.25) is 11.8 Å². The molecule has 0 saturated carbocycles. The maximum atomic E-state index is 12.0. The summed E-state index contributed by atoms with van der Waals surface area (Å²) in [7, 11) is 3.37. The van der Waals surface area contributed by atoms with Crippen molar-refractivity contribution in [2.45, 2.75) is 18.9 Å². The van der Waals surface area contributed by atoms with Crippen LogP contribution in [0.2, 0.25) is 0 Å². The Morgan fingerprint density at radius 2 is 2.00 bits per heavy atom. The minimum atomic E-state index is -0.631. The van der Waals surface area contributed by atoms with Gasteiger partial charge < -0.3 is 20.9 Å². The first-order valence-electron chi connectivity index (χ1n) is 7.27. The van der Waals surface area contributed by atoms with Crippen molar-refractivity contribution in [2.24, 2.45) is 5.73 Å². The molecule has 2 amide bonds. The van der Waals surface area contributed by atoms with Gasteiger partial charge in [-0.15, -0.1) is 12.4 Å². The first kappa shape index (κ1) is 19.0. The summed E-state index contributed by atoms with van der Waals surface area (Å²) < 4.78 is 0. The number of carbonyl (C=O) groups excluding carboxylic acids is 2. The second-order valence-corrected chi connectivity index (χ2v) is 5.50. The molecule has 0 spiro atoms. The van der Waals surface area contributed by atoms with E-state index in [1.165, 1.54) is 4.90 Å². The number of fused-ring (bicyclic) bond motifs is 1. The number of H-pyrrole nitrogens is 1. The maximum absolute atomic E-state index is 12.0. The lowest BCUT2D eigenvalue weighted by atomic mass is 10.1. The third-order valence-corrected chi connectivity index (χ3v) is 3.59. The Hall–Kier alpha value is -2.05. The molecule has 0 aliphatic carbocycles. The molecule has 2 aromatic rings. The van der Waals surface area contributed by atoms with Gasteiger partial charge in [0.05, 0.1) is 6.04 Å². The molecule has 0 aliphatic heterocycles. The summed E-state index contributed by atoms with van der Waals surface area (Å²) in [5.41, 5.74) is 8.00. The molecule has 4 N–H and O–H groups in total. The quantitative estimate of drug-likeness (QED) is 0.735. The highest BCUT2D eigenvalue weighted by molar-refractivity contribution is 5.86. The van der Waals surface area contributed by atoms with Crippen LogP contribution in [0.5, 0.6) is 0 Å². The van der Waals surface area contributed by atoms with Crippen LogP contribution < -0.4 is 11.1 Å². The van der Waals surface area contributed by atoms with Crippen molar-refractivity contribution in [3.63, 3.8) is 0 Å². The molecule has 0 fully saturated rings. The van der Waals surface area contributed by atoms with Crippen molar-refractivity contribution in [2.75, 3.05) is 20.6 Å². The lowest BCUT2D eigenvalue weighted by Crippen LogP contribution is -2.43. The van der Waals surface area contributed by atoms with E-state index in [1.54, 1.807) is 14.1 Å². The van der Waals surface area contributed by atoms with Crippen molar-refractivity contribution in [3.8, 4) is 0 Å². The van der Waals surface area contributed by atoms with Crippen LogP contribution >= 0.6 is 12.4 Å². The van der Waals surface area contributed by atoms with Crippen molar-refractivity contribution in [3.05, 3.63) is 36.0 Å². The lowest BCUT2D eigenvalue weighted by molar-refractivity contribution is -0.128. The fourth-order valence-electron chi connectivity index (χ4n) is 2.28. The highest BCUT2D eigenvalue weighted by atomic mass is 35.5. The van der Waals surface area contributed by atoms with Gasteiger partial charge in [0, 0.05) is 44.2 Å². The zero-order valence-corrected chi connectivity index (χ0v) is 14.2. The first-order valence-corrected chi connectivity index (χ1v) is 7.27. The Balaban J connectivity index is 0.00000264. The molecule has 0 radical (unpaired) electrons. The predicted molar refractivity (Wildman–Crippen MR) is 93.5 cm³/mol. The number of nitrogens with two attached hydrogens (primary N) is 1. The van der Waals surface area contributed by atoms with Crippen molar-refractivity contribution >= 4 is 35.1 Å². The number of hydrogen-bond donors (Lipinski definition) is 3. The number of benzene rings is 1. The number of rotatable bonds is 6. The predicted octanol–water partition coefficient (Wildman–Crippen LogP) is 1.05. The van der Waals surface area contributed by atoms with Crippen LogP contribution in [0.4, 0.5) is 0 Å². The van der Waals surface area contributed by atoms with Crippen molar-refractivity contribution in [1.29, 1.82) is 0 Å². The molecule has 1 aromatic carbocycles. The molecule has 23 heavy (non-hydrogen) atoms. The van der Waals surface area contributed by atoms with Crippen LogP contribution in [0.3, 0.4) is 0 Å². The second kappa shape index (κ2) is 8.55. The van der Waals surface area contributed by atoms with E-state index in [1.807, 2.05) is 30.5 Å². The van der Waals surface area contributed by atoms with Gasteiger partial charge in [-0.3, -0.25) is 9.59 Å². The second-order valence-electron chi connectivity index (χ2n) is 5.50. The summed E-state index contributed by atoms with van der Waals surface area (Å²) in [6.45, 7) is 0.303. The number of halogens is 1. The highest BCUT2D eigenvalue weighted by Crippen LogP contribution is 2.18. The number of aromatic nitrogens is 1. The van der Waals surface area contributed by atoms with Crippen LogP contribution in [0.25, 0.3) is 10.9 Å². The fraction of sp³-hybridized carbons (Fsp3) is 0.375. The minimum Gasteiger partial charge on any atom is -0.361 e. The largest absolute Gasteiger partial charge is 0.361 e. The van der Waals surface area contributed by atoms with E-state index in [9.17, 15) is 9.59 Å². The summed E-state index contributed by atoms with van der Waals surface area (Å²) in [6, 6.07) is 7.27. The average Bonchev–Trinajstić information content (AvgIpc) is 2.90. The molecule has 0 unspecified atom stereocenters. The van der Waals surface area contributed by atoms with Gasteiger partial charge in [-0.1, -0.05) is 18.2 Å². The third kappa shape index (κ3) is 4.97. The van der Waals surface area contributed by atoms with Gasteiger partial charge >= 0.3 is 0 Å². The van der Waals surface area contributed by atoms with Crippen LogP contribution in [0.15, 0.2) is 30.5 Å². The van der Waals surface area contributed by atoms with E-state index in [4.69, 9.17) is 5.73 Å². The van der Waals surface area contributed by atoms with Gasteiger partial charge in [-0.2, -0.15) is 0 Å². The Labute approximate surface area is 141 Å². The summed E-state index contributed by atoms with van der Waals surface area (Å²) in [4.78, 5) is 28.1. The summed E-state index contributed by atoms with van der Waals surface area (Å²) >= 11 is 0. The molecule has 7 heteroatoms. The average molecular weight is 339 g/mol. The Morgan fingerprint density at radius 3 is 2.70 bits per heavy atom. The molecule has 0 aliphatic rings. The maximum Gasteiger partial charge on any atom is 0.237 e. The number of nitrogens with zero attached hydrogens (tertiary/aromatic N) is 1. The van der Waals surface area contributed by atoms with Gasteiger partial charge in [-0.05, 0) is 18.1 Å². The molecule has 1 aromatic heterocycles. The topological polar surface area (TPSA) is 91.2 Å². The third-order valence-electron chi connectivity index (χ3n) is 3.59. The van der Waals surface area contributed by atoms with Gasteiger partial charge in [0.1, 0.15) is 0 Å². The van der Waals surface area contributed by atoms with Crippen molar-refractivity contribution in [1.82, 2.24) is 15.2 Å². The summed E-state index contributed by atoms with van der Waals surface area (Å²) in [6.07, 6.45) is 2.61. The van der Waals surface area contributed by atoms with E-state index in [-0.39, 0.29) is 30.6 Å². The van der Waals surface area contributed by atoms with Crippen molar-refractivity contribution < 1.29 is 9.59 Å². The summed E-state index contributed by atoms with van der Waals surface area (Å²) in [5.74, 6) is -0.262. The summed E-state index contributed by atoms with van der Waals surface area (Å²) in [5, 5.41) is 3.78. The molecule has 0 bridgehead atoms. The number of aromatic amines is 1. The Morgan fingerprint density at radius 1 is 1.30 bits per heavy atom. The molecular formula is C16H23ClN4O2. The van der Waals surface area contributed by atoms with Gasteiger partial charge in [0.15, 0.2) is 0 Å². The highest BCUT2D eigenvalue weighted by Gasteiger charge is 2.16. The number of nitrogens with one attached hydrogen (secondary N) is 2. The molecule has 6 nitrogen and oxygen atoms in total. The van der Waals surface area contributed by atoms with Crippen LogP contribution in [0, 0.1) is 0 Å². The zero-order valence-electron chi connectivity index (χ0n) is 13.3. The van der Waals surface area contributed by atoms with Gasteiger partial charge in [0.25, 0.3) is 0 Å². The molecular weight excluding hydrogens is 316 g/mol. The van der Waals surface area contributed by atoms with Gasteiger partial charge in [-0.25, -0.2) is 0 Å². The number of carbonyl (C=O) groups is 2. The zero-order chi connectivity index (χ0) is 16.1. The molecule has 2 rings (SSSR count). The van der Waals surface area contributed by atoms with E-state index in [0.717, 1.165) is 16.5 Å². The van der Waals surface area contributed by atoms with E-state index >= 15 is 0 Å². The van der Waals surface area contributed by atoms with Crippen LogP contribution in [-0.4, -0.2) is 48.4 Å².